The van der Waals surface area contributed by atoms with Crippen LogP contribution in [-0.4, -0.2) is 19.1 Å². The maximum atomic E-state index is 13.5. The Hall–Kier alpha value is -1.49. The molecule has 0 radical (unpaired) electrons. The maximum Gasteiger partial charge on any atom is 0.322 e. The van der Waals surface area contributed by atoms with Crippen LogP contribution in [0.4, 0.5) is 8.78 Å². The summed E-state index contributed by atoms with van der Waals surface area (Å²) < 4.78 is 30.9. The van der Waals surface area contributed by atoms with Crippen LogP contribution in [0, 0.1) is 17.6 Å². The maximum absolute atomic E-state index is 13.5. The highest BCUT2D eigenvalue weighted by Crippen LogP contribution is 2.11. The SMILES string of the molecule is COC(=O)C(CC(C)C)NCc1ccc(F)cc1F. The minimum absolute atomic E-state index is 0.151. The van der Waals surface area contributed by atoms with Gasteiger partial charge >= 0.3 is 5.97 Å². The van der Waals surface area contributed by atoms with Crippen LogP contribution >= 0.6 is 0 Å². The zero-order valence-corrected chi connectivity index (χ0v) is 11.4. The van der Waals surface area contributed by atoms with Gasteiger partial charge in [0.25, 0.3) is 0 Å². The lowest BCUT2D eigenvalue weighted by atomic mass is 10.0. The molecule has 1 unspecified atom stereocenters. The average Bonchev–Trinajstić information content (AvgIpc) is 2.34. The number of methoxy groups -OCH3 is 1. The molecule has 0 spiro atoms. The third-order valence-electron chi connectivity index (χ3n) is 2.75. The highest BCUT2D eigenvalue weighted by molar-refractivity contribution is 5.75. The molecular formula is C14H19F2NO2. The zero-order valence-electron chi connectivity index (χ0n) is 11.4. The van der Waals surface area contributed by atoms with Crippen LogP contribution < -0.4 is 5.32 Å². The van der Waals surface area contributed by atoms with Gasteiger partial charge in [0.05, 0.1) is 7.11 Å². The molecule has 106 valence electrons. The highest BCUT2D eigenvalue weighted by Gasteiger charge is 2.20. The van der Waals surface area contributed by atoms with E-state index in [2.05, 4.69) is 5.32 Å². The third kappa shape index (κ3) is 4.95. The molecule has 0 saturated heterocycles. The molecular weight excluding hydrogens is 252 g/mol. The van der Waals surface area contributed by atoms with Crippen molar-refractivity contribution in [3.63, 3.8) is 0 Å². The number of esters is 1. The van der Waals surface area contributed by atoms with E-state index in [4.69, 9.17) is 4.74 Å². The molecule has 0 aromatic heterocycles. The van der Waals surface area contributed by atoms with Crippen LogP contribution in [0.2, 0.25) is 0 Å². The number of rotatable bonds is 6. The van der Waals surface area contributed by atoms with Crippen molar-refractivity contribution >= 4 is 5.97 Å². The Morgan fingerprint density at radius 3 is 2.58 bits per heavy atom. The predicted octanol–water partition coefficient (Wildman–Crippen LogP) is 2.64. The number of ether oxygens (including phenoxy) is 1. The predicted molar refractivity (Wildman–Crippen MR) is 68.5 cm³/mol. The molecule has 0 saturated carbocycles. The van der Waals surface area contributed by atoms with Crippen molar-refractivity contribution in [1.29, 1.82) is 0 Å². The molecule has 0 amide bonds. The minimum atomic E-state index is -0.624. The van der Waals surface area contributed by atoms with E-state index < -0.39 is 17.7 Å². The van der Waals surface area contributed by atoms with Gasteiger partial charge in [-0.15, -0.1) is 0 Å². The van der Waals surface area contributed by atoms with Crippen LogP contribution in [0.5, 0.6) is 0 Å². The molecule has 0 bridgehead atoms. The smallest absolute Gasteiger partial charge is 0.322 e. The van der Waals surface area contributed by atoms with Gasteiger partial charge in [-0.25, -0.2) is 8.78 Å². The van der Waals surface area contributed by atoms with E-state index in [0.717, 1.165) is 6.07 Å². The lowest BCUT2D eigenvalue weighted by Crippen LogP contribution is -2.38. The number of hydrogen-bond acceptors (Lipinski definition) is 3. The fraction of sp³-hybridized carbons (Fsp3) is 0.500. The molecule has 0 aliphatic heterocycles. The van der Waals surface area contributed by atoms with Crippen molar-refractivity contribution in [3.05, 3.63) is 35.4 Å². The number of carbonyl (C=O) groups is 1. The van der Waals surface area contributed by atoms with Gasteiger partial charge in [-0.1, -0.05) is 19.9 Å². The van der Waals surface area contributed by atoms with Crippen LogP contribution in [0.3, 0.4) is 0 Å². The van der Waals surface area contributed by atoms with E-state index in [-0.39, 0.29) is 12.5 Å². The second kappa shape index (κ2) is 7.19. The van der Waals surface area contributed by atoms with E-state index >= 15 is 0 Å². The molecule has 5 heteroatoms. The van der Waals surface area contributed by atoms with Crippen molar-refractivity contribution in [2.45, 2.75) is 32.9 Å². The molecule has 1 N–H and O–H groups in total. The van der Waals surface area contributed by atoms with Gasteiger partial charge < -0.3 is 10.1 Å². The third-order valence-corrected chi connectivity index (χ3v) is 2.75. The number of hydrogen-bond donors (Lipinski definition) is 1. The van der Waals surface area contributed by atoms with E-state index in [0.29, 0.717) is 17.9 Å². The van der Waals surface area contributed by atoms with Gasteiger partial charge in [-0.05, 0) is 18.4 Å². The second-order valence-corrected chi connectivity index (χ2v) is 4.82. The fourth-order valence-corrected chi connectivity index (χ4v) is 1.77. The number of benzene rings is 1. The van der Waals surface area contributed by atoms with E-state index in [9.17, 15) is 13.6 Å². The van der Waals surface area contributed by atoms with Crippen molar-refractivity contribution in [3.8, 4) is 0 Å². The van der Waals surface area contributed by atoms with E-state index in [1.807, 2.05) is 13.8 Å². The molecule has 19 heavy (non-hydrogen) atoms. The summed E-state index contributed by atoms with van der Waals surface area (Å²) in [5.74, 6) is -1.32. The fourth-order valence-electron chi connectivity index (χ4n) is 1.77. The lowest BCUT2D eigenvalue weighted by molar-refractivity contribution is -0.143. The van der Waals surface area contributed by atoms with Crippen molar-refractivity contribution in [2.75, 3.05) is 7.11 Å². The Labute approximate surface area is 112 Å². The van der Waals surface area contributed by atoms with Crippen molar-refractivity contribution in [2.24, 2.45) is 5.92 Å². The topological polar surface area (TPSA) is 38.3 Å². The summed E-state index contributed by atoms with van der Waals surface area (Å²) in [4.78, 5) is 11.6. The van der Waals surface area contributed by atoms with E-state index in [1.165, 1.54) is 19.2 Å². The molecule has 3 nitrogen and oxygen atoms in total. The average molecular weight is 271 g/mol. The first-order chi connectivity index (χ1) is 8.93. The highest BCUT2D eigenvalue weighted by atomic mass is 19.1. The molecule has 0 heterocycles. The van der Waals surface area contributed by atoms with Crippen LogP contribution in [0.1, 0.15) is 25.8 Å². The van der Waals surface area contributed by atoms with E-state index in [1.54, 1.807) is 0 Å². The lowest BCUT2D eigenvalue weighted by Gasteiger charge is -2.18. The van der Waals surface area contributed by atoms with Crippen LogP contribution in [-0.2, 0) is 16.1 Å². The summed E-state index contributed by atoms with van der Waals surface area (Å²) in [5.41, 5.74) is 0.319. The Morgan fingerprint density at radius 2 is 2.05 bits per heavy atom. The van der Waals surface area contributed by atoms with Crippen LogP contribution in [0.15, 0.2) is 18.2 Å². The van der Waals surface area contributed by atoms with Gasteiger partial charge in [0.2, 0.25) is 0 Å². The number of nitrogens with one attached hydrogen (secondary N) is 1. The molecule has 0 aliphatic carbocycles. The van der Waals surface area contributed by atoms with Crippen molar-refractivity contribution < 1.29 is 18.3 Å². The second-order valence-electron chi connectivity index (χ2n) is 4.82. The van der Waals surface area contributed by atoms with Crippen molar-refractivity contribution in [1.82, 2.24) is 5.32 Å². The summed E-state index contributed by atoms with van der Waals surface area (Å²) >= 11 is 0. The summed E-state index contributed by atoms with van der Waals surface area (Å²) in [7, 11) is 1.32. The molecule has 0 aliphatic rings. The molecule has 0 fully saturated rings. The summed E-state index contributed by atoms with van der Waals surface area (Å²) in [6.07, 6.45) is 0.593. The standard InChI is InChI=1S/C14H19F2NO2/c1-9(2)6-13(14(18)19-3)17-8-10-4-5-11(15)7-12(10)16/h4-5,7,9,13,17H,6,8H2,1-3H3. The summed E-state index contributed by atoms with van der Waals surface area (Å²) in [5, 5.41) is 2.94. The summed E-state index contributed by atoms with van der Waals surface area (Å²) in [6.45, 7) is 4.12. The molecule has 1 aromatic rings. The van der Waals surface area contributed by atoms with Crippen LogP contribution in [0.25, 0.3) is 0 Å². The monoisotopic (exact) mass is 271 g/mol. The Balaban J connectivity index is 2.67. The Morgan fingerprint density at radius 1 is 1.37 bits per heavy atom. The Bertz CT molecular complexity index is 435. The first-order valence-corrected chi connectivity index (χ1v) is 6.19. The zero-order chi connectivity index (χ0) is 14.4. The van der Waals surface area contributed by atoms with Gasteiger partial charge in [0, 0.05) is 18.2 Å². The Kier molecular flexibility index (Phi) is 5.89. The largest absolute Gasteiger partial charge is 0.468 e. The van der Waals surface area contributed by atoms with Gasteiger partial charge in [-0.2, -0.15) is 0 Å². The first-order valence-electron chi connectivity index (χ1n) is 6.19. The normalized spacial score (nSPS) is 12.5. The first kappa shape index (κ1) is 15.6. The minimum Gasteiger partial charge on any atom is -0.468 e. The molecule has 1 rings (SSSR count). The van der Waals surface area contributed by atoms with Gasteiger partial charge in [0.15, 0.2) is 0 Å². The number of carbonyl (C=O) groups excluding carboxylic acids is 1. The quantitative estimate of drug-likeness (QED) is 0.808. The molecule has 1 aromatic carbocycles. The van der Waals surface area contributed by atoms with Gasteiger partial charge in [-0.3, -0.25) is 4.79 Å². The number of halogens is 2. The molecule has 1 atom stereocenters. The summed E-state index contributed by atoms with van der Waals surface area (Å²) in [6, 6.07) is 2.89. The van der Waals surface area contributed by atoms with Gasteiger partial charge in [0.1, 0.15) is 17.7 Å².